The molecule has 0 aromatic heterocycles. The van der Waals surface area contributed by atoms with Crippen LogP contribution in [0, 0.1) is 12.7 Å². The molecule has 2 N–H and O–H groups in total. The molecule has 4 atom stereocenters. The summed E-state index contributed by atoms with van der Waals surface area (Å²) in [4.78, 5) is 0. The molecule has 0 amide bonds. The fourth-order valence-corrected chi connectivity index (χ4v) is 3.99. The maximum Gasteiger partial charge on any atom is 0.123 e. The molecule has 2 aliphatic rings. The Morgan fingerprint density at radius 1 is 1.00 bits per heavy atom. The fraction of sp³-hybridized carbons (Fsp3) is 0.263. The highest BCUT2D eigenvalue weighted by atomic mass is 19.1. The van der Waals surface area contributed by atoms with E-state index in [4.69, 9.17) is 4.74 Å². The van der Waals surface area contributed by atoms with Crippen molar-refractivity contribution in [2.45, 2.75) is 31.3 Å². The summed E-state index contributed by atoms with van der Waals surface area (Å²) < 4.78 is 19.2. The van der Waals surface area contributed by atoms with Crippen LogP contribution in [0.15, 0.2) is 36.4 Å². The molecule has 23 heavy (non-hydrogen) atoms. The topological polar surface area (TPSA) is 53.0 Å². The molecule has 1 aliphatic heterocycles. The first-order valence-corrected chi connectivity index (χ1v) is 7.73. The number of hydrogen-bond acceptors (Lipinski definition) is 3. The van der Waals surface area contributed by atoms with Gasteiger partial charge in [-0.15, -0.1) is 0 Å². The maximum absolute atomic E-state index is 13.6. The summed E-state index contributed by atoms with van der Waals surface area (Å²) in [5.41, 5.74) is 2.72. The number of fused-ring (bicyclic) bond motifs is 6. The van der Waals surface area contributed by atoms with Crippen molar-refractivity contribution < 1.29 is 19.3 Å². The first kappa shape index (κ1) is 13.4. The molecule has 1 heterocycles. The van der Waals surface area contributed by atoms with Crippen LogP contribution in [0.3, 0.4) is 0 Å². The van der Waals surface area contributed by atoms with Gasteiger partial charge in [0.05, 0.1) is 0 Å². The third-order valence-corrected chi connectivity index (χ3v) is 5.23. The predicted octanol–water partition coefficient (Wildman–Crippen LogP) is 3.29. The second-order valence-electron chi connectivity index (χ2n) is 6.49. The van der Waals surface area contributed by atoms with Crippen molar-refractivity contribution in [2.75, 3.05) is 0 Å². The molecular weight excluding hydrogens is 295 g/mol. The van der Waals surface area contributed by atoms with Crippen LogP contribution in [0.2, 0.25) is 0 Å². The van der Waals surface area contributed by atoms with Crippen LogP contribution in [-0.4, -0.2) is 22.4 Å². The minimum Gasteiger partial charge on any atom is -0.387 e. The van der Waals surface area contributed by atoms with Crippen LogP contribution >= 0.6 is 0 Å². The number of ether oxygens (including phenoxy) is 1. The van der Waals surface area contributed by atoms with E-state index in [1.54, 1.807) is 6.07 Å². The van der Waals surface area contributed by atoms with Crippen molar-refractivity contribution in [3.8, 4) is 0 Å². The summed E-state index contributed by atoms with van der Waals surface area (Å²) in [6, 6.07) is 10.6. The molecule has 4 heteroatoms. The molecule has 0 unspecified atom stereocenters. The molecular formula is C19H15FO3. The smallest absolute Gasteiger partial charge is 0.123 e. The van der Waals surface area contributed by atoms with E-state index in [9.17, 15) is 14.6 Å². The third-order valence-electron chi connectivity index (χ3n) is 5.23. The van der Waals surface area contributed by atoms with Crippen LogP contribution in [0.1, 0.15) is 28.9 Å². The van der Waals surface area contributed by atoms with E-state index in [-0.39, 0.29) is 18.0 Å². The Balaban J connectivity index is 1.90. The van der Waals surface area contributed by atoms with Crippen LogP contribution in [0.25, 0.3) is 21.5 Å². The van der Waals surface area contributed by atoms with Gasteiger partial charge in [0.25, 0.3) is 0 Å². The lowest BCUT2D eigenvalue weighted by molar-refractivity contribution is 0.000105. The van der Waals surface area contributed by atoms with Gasteiger partial charge < -0.3 is 14.9 Å². The molecule has 0 spiro atoms. The van der Waals surface area contributed by atoms with Crippen molar-refractivity contribution in [3.05, 3.63) is 58.9 Å². The predicted molar refractivity (Wildman–Crippen MR) is 84.7 cm³/mol. The Labute approximate surface area is 131 Å². The fourth-order valence-electron chi connectivity index (χ4n) is 3.99. The Bertz CT molecular complexity index is 981. The molecule has 0 radical (unpaired) electrons. The van der Waals surface area contributed by atoms with Crippen LogP contribution in [0.5, 0.6) is 0 Å². The lowest BCUT2D eigenvalue weighted by Gasteiger charge is -2.25. The summed E-state index contributed by atoms with van der Waals surface area (Å²) in [5, 5.41) is 24.3. The second-order valence-corrected chi connectivity index (χ2v) is 6.49. The van der Waals surface area contributed by atoms with Gasteiger partial charge in [-0.2, -0.15) is 0 Å². The molecule has 1 saturated heterocycles. The molecule has 0 saturated carbocycles. The van der Waals surface area contributed by atoms with Gasteiger partial charge in [0.15, 0.2) is 0 Å². The number of aliphatic hydroxyl groups is 2. The monoisotopic (exact) mass is 310 g/mol. The Kier molecular flexibility index (Phi) is 2.51. The average Bonchev–Trinajstić information content (AvgIpc) is 3.32. The van der Waals surface area contributed by atoms with Gasteiger partial charge in [0, 0.05) is 0 Å². The lowest BCUT2D eigenvalue weighted by atomic mass is 9.83. The molecule has 3 aromatic rings. The van der Waals surface area contributed by atoms with E-state index >= 15 is 0 Å². The Morgan fingerprint density at radius 3 is 2.61 bits per heavy atom. The van der Waals surface area contributed by atoms with Gasteiger partial charge in [-0.1, -0.05) is 18.2 Å². The minimum absolute atomic E-state index is 0.183. The summed E-state index contributed by atoms with van der Waals surface area (Å²) in [7, 11) is 0. The number of aliphatic hydroxyl groups excluding tert-OH is 2. The molecule has 116 valence electrons. The van der Waals surface area contributed by atoms with Crippen molar-refractivity contribution in [1.82, 2.24) is 0 Å². The average molecular weight is 310 g/mol. The van der Waals surface area contributed by atoms with E-state index in [2.05, 4.69) is 0 Å². The van der Waals surface area contributed by atoms with Gasteiger partial charge in [0.2, 0.25) is 0 Å². The molecule has 3 nitrogen and oxygen atoms in total. The summed E-state index contributed by atoms with van der Waals surface area (Å²) in [6.45, 7) is 2.02. The number of rotatable bonds is 0. The zero-order valence-corrected chi connectivity index (χ0v) is 12.5. The van der Waals surface area contributed by atoms with E-state index in [0.29, 0.717) is 5.56 Å². The Morgan fingerprint density at radius 2 is 1.78 bits per heavy atom. The van der Waals surface area contributed by atoms with E-state index < -0.39 is 12.2 Å². The molecule has 1 aliphatic carbocycles. The number of benzene rings is 3. The van der Waals surface area contributed by atoms with E-state index in [1.165, 1.54) is 12.1 Å². The number of aryl methyl sites for hydroxylation is 1. The molecule has 0 bridgehead atoms. The SMILES string of the molecule is Cc1c2ccc(F)cc2cc2c3c(ccc12)[C@H](O)[C@@H](O)[C@H]1O[C@@H]31. The largest absolute Gasteiger partial charge is 0.387 e. The molecule has 1 fully saturated rings. The van der Waals surface area contributed by atoms with E-state index in [0.717, 1.165) is 32.7 Å². The lowest BCUT2D eigenvalue weighted by Crippen LogP contribution is -2.29. The van der Waals surface area contributed by atoms with Crippen molar-refractivity contribution in [1.29, 1.82) is 0 Å². The number of halogens is 1. The third kappa shape index (κ3) is 1.68. The van der Waals surface area contributed by atoms with Crippen LogP contribution in [0.4, 0.5) is 4.39 Å². The first-order valence-electron chi connectivity index (χ1n) is 7.73. The quantitative estimate of drug-likeness (QED) is 0.495. The summed E-state index contributed by atoms with van der Waals surface area (Å²) in [6.07, 6.45) is -2.35. The molecule has 5 rings (SSSR count). The normalized spacial score (nSPS) is 28.7. The summed E-state index contributed by atoms with van der Waals surface area (Å²) >= 11 is 0. The maximum atomic E-state index is 13.6. The van der Waals surface area contributed by atoms with Gasteiger partial charge >= 0.3 is 0 Å². The second kappa shape index (κ2) is 4.29. The zero-order valence-electron chi connectivity index (χ0n) is 12.5. The van der Waals surface area contributed by atoms with Crippen LogP contribution in [-0.2, 0) is 4.74 Å². The number of epoxide rings is 1. The first-order chi connectivity index (χ1) is 11.1. The van der Waals surface area contributed by atoms with Gasteiger partial charge in [-0.05, 0) is 63.4 Å². The van der Waals surface area contributed by atoms with Gasteiger partial charge in [-0.3, -0.25) is 0 Å². The Hall–Kier alpha value is -2.01. The van der Waals surface area contributed by atoms with E-state index in [1.807, 2.05) is 25.1 Å². The van der Waals surface area contributed by atoms with Gasteiger partial charge in [0.1, 0.15) is 30.2 Å². The van der Waals surface area contributed by atoms with Gasteiger partial charge in [-0.25, -0.2) is 4.39 Å². The number of hydrogen-bond donors (Lipinski definition) is 2. The highest BCUT2D eigenvalue weighted by Gasteiger charge is 2.54. The zero-order chi connectivity index (χ0) is 15.9. The summed E-state index contributed by atoms with van der Waals surface area (Å²) in [5.74, 6) is -0.267. The van der Waals surface area contributed by atoms with Crippen molar-refractivity contribution in [2.24, 2.45) is 0 Å². The minimum atomic E-state index is -0.943. The van der Waals surface area contributed by atoms with Crippen molar-refractivity contribution in [3.63, 3.8) is 0 Å². The van der Waals surface area contributed by atoms with Crippen molar-refractivity contribution >= 4 is 21.5 Å². The standard InChI is InChI=1S/C19H15FO3/c1-8-11-3-2-10(20)6-9(11)7-14-12(8)4-5-13-15(14)18-19(23-18)17(22)16(13)21/h2-7,16-19,21-22H,1H3/t16-,17+,18-,19+/m0/s1. The molecule has 3 aromatic carbocycles. The highest BCUT2D eigenvalue weighted by Crippen LogP contribution is 2.53. The van der Waals surface area contributed by atoms with Crippen LogP contribution < -0.4 is 0 Å². The highest BCUT2D eigenvalue weighted by molar-refractivity contribution is 6.04.